The van der Waals surface area contributed by atoms with E-state index >= 15 is 0 Å². The molecule has 2 rings (SSSR count). The molecule has 0 unspecified atom stereocenters. The molecule has 0 fully saturated rings. The number of methoxy groups -OCH3 is 1. The maximum atomic E-state index is 10.7. The van der Waals surface area contributed by atoms with E-state index in [1.54, 1.807) is 25.3 Å². The molecule has 0 spiro atoms. The van der Waals surface area contributed by atoms with Crippen molar-refractivity contribution in [2.24, 2.45) is 0 Å². The van der Waals surface area contributed by atoms with E-state index in [0.717, 1.165) is 9.75 Å². The predicted octanol–water partition coefficient (Wildman–Crippen LogP) is 2.58. The molecule has 0 atom stereocenters. The number of carboxylic acids is 1. The van der Waals surface area contributed by atoms with Gasteiger partial charge in [0.15, 0.2) is 0 Å². The van der Waals surface area contributed by atoms with Crippen LogP contribution >= 0.6 is 22.9 Å². The maximum Gasteiger partial charge on any atom is 0.345 e. The molecule has 0 aliphatic carbocycles. The molecule has 0 radical (unpaired) electrons. The van der Waals surface area contributed by atoms with Gasteiger partial charge in [0.1, 0.15) is 4.88 Å². The number of rotatable bonds is 3. The molecule has 15 heavy (non-hydrogen) atoms. The molecule has 2 heterocycles. The smallest absolute Gasteiger partial charge is 0.345 e. The molecule has 0 amide bonds. The van der Waals surface area contributed by atoms with E-state index in [2.05, 4.69) is 4.37 Å². The zero-order valence-electron chi connectivity index (χ0n) is 7.76. The zero-order valence-corrected chi connectivity index (χ0v) is 9.39. The molecule has 6 heteroatoms. The third-order valence-corrected chi connectivity index (χ3v) is 3.80. The number of carbonyl (C=O) groups is 1. The van der Waals surface area contributed by atoms with Crippen LogP contribution in [0.1, 0.15) is 9.67 Å². The van der Waals surface area contributed by atoms with Gasteiger partial charge in [0.05, 0.1) is 12.0 Å². The van der Waals surface area contributed by atoms with Gasteiger partial charge in [-0.15, -0.1) is 11.3 Å². The highest BCUT2D eigenvalue weighted by Crippen LogP contribution is 2.33. The van der Waals surface area contributed by atoms with Crippen LogP contribution in [0.15, 0.2) is 18.2 Å². The Balaban J connectivity index is 2.32. The quantitative estimate of drug-likeness (QED) is 0.897. The van der Waals surface area contributed by atoms with Crippen molar-refractivity contribution in [2.75, 3.05) is 7.11 Å². The van der Waals surface area contributed by atoms with Crippen molar-refractivity contribution >= 4 is 28.8 Å². The van der Waals surface area contributed by atoms with Crippen LogP contribution in [-0.2, 0) is 0 Å². The third kappa shape index (κ3) is 2.00. The van der Waals surface area contributed by atoms with Gasteiger partial charge in [0.2, 0.25) is 5.88 Å². The Hall–Kier alpha value is -1.40. The second-order valence-corrected chi connectivity index (χ2v) is 4.59. The number of hydrogen-bond acceptors (Lipinski definition) is 5. The van der Waals surface area contributed by atoms with Crippen LogP contribution in [-0.4, -0.2) is 22.6 Å². The number of ether oxygens (including phenoxy) is 1. The van der Waals surface area contributed by atoms with Crippen molar-refractivity contribution in [3.63, 3.8) is 0 Å². The number of hydrogen-bond donors (Lipinski definition) is 1. The molecule has 0 bridgehead atoms. The van der Waals surface area contributed by atoms with Gasteiger partial charge >= 0.3 is 5.97 Å². The highest BCUT2D eigenvalue weighted by atomic mass is 32.1. The average Bonchev–Trinajstić information content (AvgIpc) is 2.86. The summed E-state index contributed by atoms with van der Waals surface area (Å²) >= 11 is 2.53. The number of aromatic nitrogens is 1. The average molecular weight is 241 g/mol. The van der Waals surface area contributed by atoms with Crippen LogP contribution in [0.5, 0.6) is 5.88 Å². The Morgan fingerprint density at radius 2 is 2.27 bits per heavy atom. The second kappa shape index (κ2) is 4.00. The zero-order chi connectivity index (χ0) is 10.8. The summed E-state index contributed by atoms with van der Waals surface area (Å²) in [4.78, 5) is 12.8. The fraction of sp³-hybridized carbons (Fsp3) is 0.111. The minimum Gasteiger partial charge on any atom is -0.480 e. The van der Waals surface area contributed by atoms with E-state index in [1.165, 1.54) is 22.9 Å². The highest BCUT2D eigenvalue weighted by Gasteiger charge is 2.10. The first-order chi connectivity index (χ1) is 7.20. The first-order valence-electron chi connectivity index (χ1n) is 4.05. The summed E-state index contributed by atoms with van der Waals surface area (Å²) in [6.45, 7) is 0. The van der Waals surface area contributed by atoms with E-state index in [-0.39, 0.29) is 0 Å². The lowest BCUT2D eigenvalue weighted by atomic mass is 10.4. The van der Waals surface area contributed by atoms with Crippen LogP contribution < -0.4 is 4.74 Å². The van der Waals surface area contributed by atoms with Crippen molar-refractivity contribution in [3.05, 3.63) is 23.1 Å². The van der Waals surface area contributed by atoms with Gasteiger partial charge in [-0.05, 0) is 23.7 Å². The summed E-state index contributed by atoms with van der Waals surface area (Å²) < 4.78 is 9.00. The summed E-state index contributed by atoms with van der Waals surface area (Å²) in [7, 11) is 1.55. The lowest BCUT2D eigenvalue weighted by Gasteiger charge is -1.88. The van der Waals surface area contributed by atoms with Crippen LogP contribution in [0, 0.1) is 0 Å². The Morgan fingerprint density at radius 3 is 2.80 bits per heavy atom. The number of carboxylic acid groups (broad SMARTS) is 1. The third-order valence-electron chi connectivity index (χ3n) is 1.76. The van der Waals surface area contributed by atoms with Gasteiger partial charge in [0, 0.05) is 10.9 Å². The first-order valence-corrected chi connectivity index (χ1v) is 5.64. The van der Waals surface area contributed by atoms with Crippen molar-refractivity contribution in [3.8, 4) is 15.6 Å². The molecule has 0 saturated heterocycles. The Labute approximate surface area is 93.9 Å². The second-order valence-electron chi connectivity index (χ2n) is 2.70. The van der Waals surface area contributed by atoms with Gasteiger partial charge in [-0.2, -0.15) is 4.37 Å². The molecule has 0 aromatic carbocycles. The van der Waals surface area contributed by atoms with Gasteiger partial charge in [0.25, 0.3) is 0 Å². The van der Waals surface area contributed by atoms with Gasteiger partial charge in [-0.3, -0.25) is 0 Å². The predicted molar refractivity (Wildman–Crippen MR) is 58.9 cm³/mol. The van der Waals surface area contributed by atoms with Gasteiger partial charge in [-0.25, -0.2) is 4.79 Å². The van der Waals surface area contributed by atoms with E-state index in [4.69, 9.17) is 9.84 Å². The van der Waals surface area contributed by atoms with Crippen LogP contribution in [0.3, 0.4) is 0 Å². The molecule has 0 aliphatic rings. The van der Waals surface area contributed by atoms with Gasteiger partial charge in [-0.1, -0.05) is 0 Å². The molecule has 78 valence electrons. The number of aromatic carboxylic acids is 1. The lowest BCUT2D eigenvalue weighted by Crippen LogP contribution is -1.89. The summed E-state index contributed by atoms with van der Waals surface area (Å²) in [5, 5.41) is 8.77. The van der Waals surface area contributed by atoms with Crippen molar-refractivity contribution < 1.29 is 14.6 Å². The van der Waals surface area contributed by atoms with Crippen LogP contribution in [0.4, 0.5) is 0 Å². The topological polar surface area (TPSA) is 59.4 Å². The summed E-state index contributed by atoms with van der Waals surface area (Å²) in [6, 6.07) is 5.16. The van der Waals surface area contributed by atoms with E-state index in [0.29, 0.717) is 10.8 Å². The van der Waals surface area contributed by atoms with Crippen LogP contribution in [0.2, 0.25) is 0 Å². The Kier molecular flexibility index (Phi) is 2.70. The molecular formula is C9H7NO3S2. The molecule has 0 saturated carbocycles. The Bertz CT molecular complexity index is 489. The van der Waals surface area contributed by atoms with Crippen molar-refractivity contribution in [1.29, 1.82) is 0 Å². The fourth-order valence-corrected chi connectivity index (χ4v) is 2.68. The number of nitrogens with zero attached hydrogens (tertiary/aromatic N) is 1. The highest BCUT2D eigenvalue weighted by molar-refractivity contribution is 7.21. The molecule has 2 aromatic rings. The van der Waals surface area contributed by atoms with E-state index in [1.807, 2.05) is 0 Å². The fourth-order valence-electron chi connectivity index (χ4n) is 1.06. The normalized spacial score (nSPS) is 10.2. The summed E-state index contributed by atoms with van der Waals surface area (Å²) in [5.74, 6) is -0.344. The standard InChI is InChI=1S/C9H7NO3S2/c1-13-8-4-7(15-10-8)5-2-3-6(14-5)9(11)12/h2-4H,1H3,(H,11,12). The number of thiophene rings is 1. The molecular weight excluding hydrogens is 234 g/mol. The Morgan fingerprint density at radius 1 is 1.47 bits per heavy atom. The van der Waals surface area contributed by atoms with E-state index in [9.17, 15) is 4.79 Å². The summed E-state index contributed by atoms with van der Waals surface area (Å²) in [6.07, 6.45) is 0. The molecule has 2 aromatic heterocycles. The SMILES string of the molecule is COc1cc(-c2ccc(C(=O)O)s2)sn1. The van der Waals surface area contributed by atoms with E-state index < -0.39 is 5.97 Å². The maximum absolute atomic E-state index is 10.7. The minimum absolute atomic E-state index is 0.331. The van der Waals surface area contributed by atoms with Crippen LogP contribution in [0.25, 0.3) is 9.75 Å². The molecule has 1 N–H and O–H groups in total. The molecule has 4 nitrogen and oxygen atoms in total. The first kappa shape index (κ1) is 10.1. The largest absolute Gasteiger partial charge is 0.480 e. The molecule has 0 aliphatic heterocycles. The minimum atomic E-state index is -0.900. The summed E-state index contributed by atoms with van der Waals surface area (Å²) in [5.41, 5.74) is 0. The van der Waals surface area contributed by atoms with Crippen molar-refractivity contribution in [2.45, 2.75) is 0 Å². The monoisotopic (exact) mass is 241 g/mol. The lowest BCUT2D eigenvalue weighted by molar-refractivity contribution is 0.0702. The van der Waals surface area contributed by atoms with Crippen molar-refractivity contribution in [1.82, 2.24) is 4.37 Å². The van der Waals surface area contributed by atoms with Gasteiger partial charge < -0.3 is 9.84 Å².